The van der Waals surface area contributed by atoms with Gasteiger partial charge in [-0.3, -0.25) is 4.98 Å². The van der Waals surface area contributed by atoms with Gasteiger partial charge in [-0.2, -0.15) is 0 Å². The molecule has 3 saturated heterocycles. The molecule has 3 aromatic rings. The molecule has 3 nitrogen and oxygen atoms in total. The van der Waals surface area contributed by atoms with Crippen LogP contribution in [0.4, 0.5) is 0 Å². The highest BCUT2D eigenvalue weighted by atomic mass is 16.3. The third-order valence-electron chi connectivity index (χ3n) is 9.26. The molecule has 3 aliphatic heterocycles. The zero-order valence-electron chi connectivity index (χ0n) is 23.7. The summed E-state index contributed by atoms with van der Waals surface area (Å²) in [5.74, 6) is 1.12. The molecule has 3 heteroatoms. The van der Waals surface area contributed by atoms with Gasteiger partial charge in [-0.25, -0.2) is 0 Å². The van der Waals surface area contributed by atoms with Crippen LogP contribution in [0, 0.1) is 11.8 Å². The average molecular weight is 498 g/mol. The van der Waals surface area contributed by atoms with Gasteiger partial charge in [0.15, 0.2) is 0 Å². The minimum absolute atomic E-state index is 0.0867. The maximum atomic E-state index is 12.1. The molecule has 0 spiro atoms. The lowest BCUT2D eigenvalue weighted by molar-refractivity contribution is -0.984. The van der Waals surface area contributed by atoms with Crippen molar-refractivity contribution in [1.82, 2.24) is 4.98 Å². The van der Waals surface area contributed by atoms with Crippen LogP contribution >= 0.6 is 0 Å². The monoisotopic (exact) mass is 497 g/mol. The largest absolute Gasteiger partial charge is 0.382 e. The van der Waals surface area contributed by atoms with Crippen molar-refractivity contribution in [3.8, 4) is 0 Å². The molecule has 4 heterocycles. The molecular weight excluding hydrogens is 452 g/mol. The molecule has 196 valence electrons. The van der Waals surface area contributed by atoms with Crippen molar-refractivity contribution in [2.24, 2.45) is 11.8 Å². The zero-order chi connectivity index (χ0) is 26.6. The Kier molecular flexibility index (Phi) is 6.61. The second-order valence-electron chi connectivity index (χ2n) is 13.8. The van der Waals surface area contributed by atoms with Gasteiger partial charge in [-0.1, -0.05) is 71.9 Å². The van der Waals surface area contributed by atoms with Crippen molar-refractivity contribution < 1.29 is 9.59 Å². The smallest absolute Gasteiger partial charge is 0.131 e. The van der Waals surface area contributed by atoms with Gasteiger partial charge in [0, 0.05) is 35.9 Å². The highest BCUT2D eigenvalue weighted by Gasteiger charge is 2.54. The van der Waals surface area contributed by atoms with E-state index >= 15 is 0 Å². The Balaban J connectivity index is 1.59. The molecule has 2 bridgehead atoms. The second kappa shape index (κ2) is 9.36. The zero-order valence-corrected chi connectivity index (χ0v) is 23.7. The van der Waals surface area contributed by atoms with Gasteiger partial charge in [0.2, 0.25) is 0 Å². The summed E-state index contributed by atoms with van der Waals surface area (Å²) in [7, 11) is 0. The van der Waals surface area contributed by atoms with Gasteiger partial charge in [-0.05, 0) is 57.7 Å². The van der Waals surface area contributed by atoms with Gasteiger partial charge in [-0.15, -0.1) is 6.58 Å². The molecular formula is C34H45N2O+. The van der Waals surface area contributed by atoms with Crippen LogP contribution in [-0.2, 0) is 17.4 Å². The van der Waals surface area contributed by atoms with E-state index in [9.17, 15) is 5.11 Å². The van der Waals surface area contributed by atoms with E-state index < -0.39 is 6.10 Å². The lowest BCUT2D eigenvalue weighted by atomic mass is 9.71. The Hall–Kier alpha value is -2.49. The van der Waals surface area contributed by atoms with E-state index in [1.54, 1.807) is 0 Å². The highest BCUT2D eigenvalue weighted by molar-refractivity contribution is 5.82. The second-order valence-corrected chi connectivity index (χ2v) is 13.8. The Morgan fingerprint density at radius 2 is 1.70 bits per heavy atom. The fraction of sp³-hybridized carbons (Fsp3) is 0.500. The first-order chi connectivity index (χ1) is 17.4. The first-order valence-corrected chi connectivity index (χ1v) is 14.1. The average Bonchev–Trinajstić information content (AvgIpc) is 2.86. The number of hydrogen-bond donors (Lipinski definition) is 1. The van der Waals surface area contributed by atoms with Crippen molar-refractivity contribution in [2.75, 3.05) is 13.1 Å². The van der Waals surface area contributed by atoms with Crippen LogP contribution in [0.3, 0.4) is 0 Å². The summed E-state index contributed by atoms with van der Waals surface area (Å²) in [6, 6.07) is 17.7. The maximum absolute atomic E-state index is 12.1. The quantitative estimate of drug-likeness (QED) is 0.293. The number of hydrogen-bond acceptors (Lipinski definition) is 2. The normalized spacial score (nSPS) is 26.8. The van der Waals surface area contributed by atoms with Gasteiger partial charge in [0.05, 0.1) is 18.6 Å². The molecule has 0 saturated carbocycles. The number of aliphatic hydroxyl groups excluding tert-OH is 1. The SMILES string of the molecule is C=C[C@H]1C[N+]2(Cc3cc(C(C)(C)C)cc(C(C)(C)C)c3)CC[C@H]1C[C@@H]2[C@@H](O)c1ccnc2ccccc12. The summed E-state index contributed by atoms with van der Waals surface area (Å²) in [6.45, 7) is 21.2. The third kappa shape index (κ3) is 4.89. The molecule has 0 amide bonds. The summed E-state index contributed by atoms with van der Waals surface area (Å²) in [5.41, 5.74) is 6.35. The minimum atomic E-state index is -0.519. The van der Waals surface area contributed by atoms with Gasteiger partial charge >= 0.3 is 0 Å². The summed E-state index contributed by atoms with van der Waals surface area (Å²) in [5, 5.41) is 13.1. The van der Waals surface area contributed by atoms with Crippen LogP contribution in [0.5, 0.6) is 0 Å². The molecule has 6 rings (SSSR count). The van der Waals surface area contributed by atoms with Crippen LogP contribution in [0.1, 0.15) is 82.7 Å². The van der Waals surface area contributed by atoms with E-state index in [-0.39, 0.29) is 16.9 Å². The summed E-state index contributed by atoms with van der Waals surface area (Å²) < 4.78 is 0.933. The third-order valence-corrected chi connectivity index (χ3v) is 9.26. The minimum Gasteiger partial charge on any atom is -0.382 e. The Morgan fingerprint density at radius 1 is 1.03 bits per heavy atom. The lowest BCUT2D eigenvalue weighted by Crippen LogP contribution is -2.67. The van der Waals surface area contributed by atoms with Crippen molar-refractivity contribution in [3.05, 3.63) is 89.6 Å². The van der Waals surface area contributed by atoms with Crippen LogP contribution in [0.25, 0.3) is 10.9 Å². The van der Waals surface area contributed by atoms with E-state index in [0.717, 1.165) is 47.0 Å². The van der Waals surface area contributed by atoms with Crippen LogP contribution in [-0.4, -0.2) is 33.7 Å². The lowest BCUT2D eigenvalue weighted by Gasteiger charge is -2.58. The predicted octanol–water partition coefficient (Wildman–Crippen LogP) is 7.47. The number of aromatic nitrogens is 1. The summed E-state index contributed by atoms with van der Waals surface area (Å²) >= 11 is 0. The van der Waals surface area contributed by atoms with Crippen molar-refractivity contribution in [1.29, 1.82) is 0 Å². The fourth-order valence-electron chi connectivity index (χ4n) is 6.98. The molecule has 1 aromatic heterocycles. The van der Waals surface area contributed by atoms with E-state index in [0.29, 0.717) is 11.8 Å². The Labute approximate surface area is 223 Å². The molecule has 5 atom stereocenters. The van der Waals surface area contributed by atoms with E-state index in [1.165, 1.54) is 23.1 Å². The standard InChI is InChI=1S/C34H45N2O/c1-8-24-22-36(21-23-17-26(33(2,3)4)20-27(18-23)34(5,6)7)16-14-25(24)19-31(36)32(37)29-13-15-35-30-12-10-9-11-28(29)30/h8-13,15,17-18,20,24-25,31-32,37H,1,14,16,19,21-22H2,2-7H3/q+1/t24-,25-,31+,32-,36?/m0/s1. The van der Waals surface area contributed by atoms with E-state index in [1.807, 2.05) is 24.4 Å². The first kappa shape index (κ1) is 26.1. The molecule has 3 aliphatic rings. The van der Waals surface area contributed by atoms with Gasteiger partial charge in [0.1, 0.15) is 18.7 Å². The van der Waals surface area contributed by atoms with Crippen LogP contribution in [0.2, 0.25) is 0 Å². The van der Waals surface area contributed by atoms with Crippen LogP contribution in [0.15, 0.2) is 67.4 Å². The van der Waals surface area contributed by atoms with Gasteiger partial charge in [0.25, 0.3) is 0 Å². The maximum Gasteiger partial charge on any atom is 0.131 e. The van der Waals surface area contributed by atoms with Crippen molar-refractivity contribution in [3.63, 3.8) is 0 Å². The molecule has 3 fully saturated rings. The molecule has 0 radical (unpaired) electrons. The number of pyridine rings is 1. The van der Waals surface area contributed by atoms with Gasteiger partial charge < -0.3 is 9.59 Å². The Bertz CT molecular complexity index is 1260. The number of aliphatic hydroxyl groups is 1. The van der Waals surface area contributed by atoms with E-state index in [2.05, 4.69) is 89.5 Å². The topological polar surface area (TPSA) is 33.1 Å². The van der Waals surface area contributed by atoms with Crippen molar-refractivity contribution in [2.45, 2.75) is 83.9 Å². The number of piperidine rings is 3. The highest BCUT2D eigenvalue weighted by Crippen LogP contribution is 2.48. The number of para-hydroxylation sites is 1. The number of fused-ring (bicyclic) bond motifs is 4. The van der Waals surface area contributed by atoms with E-state index in [4.69, 9.17) is 0 Å². The molecule has 37 heavy (non-hydrogen) atoms. The van der Waals surface area contributed by atoms with Crippen LogP contribution < -0.4 is 0 Å². The predicted molar refractivity (Wildman–Crippen MR) is 154 cm³/mol. The molecule has 1 unspecified atom stereocenters. The summed E-state index contributed by atoms with van der Waals surface area (Å²) in [4.78, 5) is 4.56. The number of quaternary nitrogens is 1. The summed E-state index contributed by atoms with van der Waals surface area (Å²) in [6.07, 6.45) is 5.78. The van der Waals surface area contributed by atoms with Crippen molar-refractivity contribution >= 4 is 10.9 Å². The fourth-order valence-corrected chi connectivity index (χ4v) is 6.98. The number of benzene rings is 2. The molecule has 1 N–H and O–H groups in total. The first-order valence-electron chi connectivity index (χ1n) is 14.1. The molecule has 2 aromatic carbocycles. The molecule has 0 aliphatic carbocycles. The Morgan fingerprint density at radius 3 is 2.35 bits per heavy atom. The number of nitrogens with zero attached hydrogens (tertiary/aromatic N) is 2. The number of rotatable bonds is 5.